The van der Waals surface area contributed by atoms with E-state index >= 15 is 0 Å². The third kappa shape index (κ3) is 5.87. The predicted octanol–water partition coefficient (Wildman–Crippen LogP) is 4.43. The minimum atomic E-state index is -5.29. The summed E-state index contributed by atoms with van der Waals surface area (Å²) in [5, 5.41) is 1.34. The lowest BCUT2D eigenvalue weighted by Crippen LogP contribution is -2.64. The Balaban J connectivity index is 2.28. The molecule has 11 heteroatoms. The zero-order valence-electron chi connectivity index (χ0n) is 21.3. The lowest BCUT2D eigenvalue weighted by Gasteiger charge is -2.46. The van der Waals surface area contributed by atoms with E-state index in [1.165, 1.54) is 18.3 Å². The molecule has 3 amide bonds. The van der Waals surface area contributed by atoms with Crippen LogP contribution < -0.4 is 0 Å². The van der Waals surface area contributed by atoms with Crippen molar-refractivity contribution in [3.63, 3.8) is 0 Å². The van der Waals surface area contributed by atoms with Crippen LogP contribution in [0, 0.1) is 5.92 Å². The van der Waals surface area contributed by atoms with Gasteiger partial charge in [-0.25, -0.2) is 14.8 Å². The standard InChI is InChI=1S/C27H28F3N3O5/c1-17(2)23-25(36)33(22(16-31(23)26(37)38-4)20-13-9-6-10-14-20)32(18(3)34)21(24(35)27(28,29)30)15-19-11-7-5-8-12-19/h5-14,16-17,21,23H,15H2,1-4H3. The van der Waals surface area contributed by atoms with E-state index < -0.39 is 54.3 Å². The second-order valence-electron chi connectivity index (χ2n) is 9.03. The number of amides is 3. The first kappa shape index (κ1) is 28.4. The molecule has 2 unspecified atom stereocenters. The number of carbonyl (C=O) groups is 4. The van der Waals surface area contributed by atoms with Crippen LogP contribution in [0.15, 0.2) is 66.9 Å². The number of halogens is 3. The molecular formula is C27H28F3N3O5. The van der Waals surface area contributed by atoms with Gasteiger partial charge in [-0.3, -0.25) is 19.3 Å². The number of hydrogen-bond acceptors (Lipinski definition) is 5. The molecule has 0 radical (unpaired) electrons. The number of carbonyl (C=O) groups excluding carboxylic acids is 4. The minimum absolute atomic E-state index is 0.0684. The second-order valence-corrected chi connectivity index (χ2v) is 9.03. The van der Waals surface area contributed by atoms with E-state index in [4.69, 9.17) is 4.74 Å². The van der Waals surface area contributed by atoms with Gasteiger partial charge in [0.15, 0.2) is 0 Å². The van der Waals surface area contributed by atoms with Crippen LogP contribution in [0.2, 0.25) is 0 Å². The van der Waals surface area contributed by atoms with Gasteiger partial charge in [-0.15, -0.1) is 0 Å². The molecule has 0 N–H and O–H groups in total. The number of benzene rings is 2. The molecule has 0 saturated carbocycles. The highest BCUT2D eigenvalue weighted by atomic mass is 19.4. The molecule has 2 atom stereocenters. The molecule has 0 aliphatic carbocycles. The van der Waals surface area contributed by atoms with E-state index in [1.54, 1.807) is 62.4 Å². The number of alkyl halides is 3. The summed E-state index contributed by atoms with van der Waals surface area (Å²) in [5.41, 5.74) is 0.606. The van der Waals surface area contributed by atoms with Crippen molar-refractivity contribution >= 4 is 29.4 Å². The number of methoxy groups -OCH3 is 1. The number of ether oxygens (including phenoxy) is 1. The quantitative estimate of drug-likeness (QED) is 0.528. The van der Waals surface area contributed by atoms with Crippen molar-refractivity contribution in [3.8, 4) is 0 Å². The van der Waals surface area contributed by atoms with Crippen molar-refractivity contribution in [3.05, 3.63) is 78.0 Å². The number of Topliss-reactive ketones (excluding diaryl/α,β-unsaturated/α-hetero) is 1. The van der Waals surface area contributed by atoms with Crippen molar-refractivity contribution in [1.29, 1.82) is 0 Å². The summed E-state index contributed by atoms with van der Waals surface area (Å²) in [6.45, 7) is 4.26. The van der Waals surface area contributed by atoms with Gasteiger partial charge in [-0.05, 0) is 11.5 Å². The predicted molar refractivity (Wildman–Crippen MR) is 132 cm³/mol. The molecule has 2 aromatic carbocycles. The second kappa shape index (κ2) is 11.5. The number of hydrogen-bond donors (Lipinski definition) is 0. The molecule has 0 saturated heterocycles. The molecule has 2 aromatic rings. The van der Waals surface area contributed by atoms with Crippen LogP contribution in [0.25, 0.3) is 5.70 Å². The molecule has 0 aromatic heterocycles. The van der Waals surface area contributed by atoms with Crippen LogP contribution in [0.1, 0.15) is 31.9 Å². The topological polar surface area (TPSA) is 87.2 Å². The van der Waals surface area contributed by atoms with E-state index in [2.05, 4.69) is 0 Å². The maximum absolute atomic E-state index is 14.0. The summed E-state index contributed by atoms with van der Waals surface area (Å²) >= 11 is 0. The third-order valence-corrected chi connectivity index (χ3v) is 6.02. The van der Waals surface area contributed by atoms with Crippen LogP contribution in [0.4, 0.5) is 18.0 Å². The van der Waals surface area contributed by atoms with Crippen molar-refractivity contribution in [2.75, 3.05) is 7.11 Å². The van der Waals surface area contributed by atoms with Gasteiger partial charge in [-0.2, -0.15) is 13.2 Å². The van der Waals surface area contributed by atoms with E-state index in [0.29, 0.717) is 16.1 Å². The summed E-state index contributed by atoms with van der Waals surface area (Å²) in [6, 6.07) is 12.6. The average molecular weight is 532 g/mol. The van der Waals surface area contributed by atoms with Crippen LogP contribution in [0.5, 0.6) is 0 Å². The summed E-state index contributed by atoms with van der Waals surface area (Å²) in [5.74, 6) is -4.55. The van der Waals surface area contributed by atoms with Crippen molar-refractivity contribution in [1.82, 2.24) is 14.9 Å². The van der Waals surface area contributed by atoms with Crippen molar-refractivity contribution in [2.45, 2.75) is 45.5 Å². The first-order valence-electron chi connectivity index (χ1n) is 11.8. The molecule has 1 heterocycles. The lowest BCUT2D eigenvalue weighted by molar-refractivity contribution is -0.187. The SMILES string of the molecule is COC(=O)N1C=C(c2ccccc2)N(N(C(C)=O)C(Cc2ccccc2)C(=O)C(F)(F)F)C(=O)C1C(C)C. The fourth-order valence-corrected chi connectivity index (χ4v) is 4.35. The van der Waals surface area contributed by atoms with E-state index in [9.17, 15) is 32.3 Å². The molecule has 0 bridgehead atoms. The number of rotatable bonds is 7. The highest BCUT2D eigenvalue weighted by Crippen LogP contribution is 2.34. The molecular weight excluding hydrogens is 503 g/mol. The smallest absolute Gasteiger partial charge is 0.452 e. The molecule has 1 aliphatic heterocycles. The Morgan fingerprint density at radius 1 is 1.00 bits per heavy atom. The highest BCUT2D eigenvalue weighted by molar-refractivity contribution is 5.99. The zero-order chi connectivity index (χ0) is 28.2. The van der Waals surface area contributed by atoms with Crippen molar-refractivity contribution in [2.24, 2.45) is 5.92 Å². The van der Waals surface area contributed by atoms with Gasteiger partial charge in [0.05, 0.1) is 12.8 Å². The van der Waals surface area contributed by atoms with Crippen LogP contribution >= 0.6 is 0 Å². The fraction of sp³-hybridized carbons (Fsp3) is 0.333. The monoisotopic (exact) mass is 531 g/mol. The Kier molecular flexibility index (Phi) is 8.60. The van der Waals surface area contributed by atoms with Gasteiger partial charge in [-0.1, -0.05) is 74.5 Å². The van der Waals surface area contributed by atoms with Gasteiger partial charge in [0.2, 0.25) is 5.91 Å². The minimum Gasteiger partial charge on any atom is -0.452 e. The first-order chi connectivity index (χ1) is 17.9. The van der Waals surface area contributed by atoms with Gasteiger partial charge in [0, 0.05) is 25.1 Å². The first-order valence-corrected chi connectivity index (χ1v) is 11.8. The van der Waals surface area contributed by atoms with Gasteiger partial charge in [0.25, 0.3) is 11.7 Å². The van der Waals surface area contributed by atoms with Gasteiger partial charge < -0.3 is 4.74 Å². The Hall–Kier alpha value is -4.15. The van der Waals surface area contributed by atoms with E-state index in [-0.39, 0.29) is 5.70 Å². The maximum Gasteiger partial charge on any atom is 0.452 e. The van der Waals surface area contributed by atoms with Crippen LogP contribution in [-0.2, 0) is 25.5 Å². The number of ketones is 1. The van der Waals surface area contributed by atoms with E-state index in [1.807, 2.05) is 0 Å². The zero-order valence-corrected chi connectivity index (χ0v) is 21.3. The van der Waals surface area contributed by atoms with Gasteiger partial charge in [0.1, 0.15) is 12.1 Å². The Labute approximate surface area is 218 Å². The molecule has 1 aliphatic rings. The maximum atomic E-state index is 14.0. The molecule has 0 spiro atoms. The van der Waals surface area contributed by atoms with Gasteiger partial charge >= 0.3 is 12.3 Å². The summed E-state index contributed by atoms with van der Waals surface area (Å²) < 4.78 is 46.4. The summed E-state index contributed by atoms with van der Waals surface area (Å²) in [6.07, 6.45) is -5.41. The Morgan fingerprint density at radius 2 is 1.55 bits per heavy atom. The third-order valence-electron chi connectivity index (χ3n) is 6.02. The Bertz CT molecular complexity index is 1220. The molecule has 0 fully saturated rings. The van der Waals surface area contributed by atoms with Crippen molar-refractivity contribution < 1.29 is 37.1 Å². The molecule has 8 nitrogen and oxygen atoms in total. The summed E-state index contributed by atoms with van der Waals surface area (Å²) in [7, 11) is 1.13. The highest BCUT2D eigenvalue weighted by Gasteiger charge is 2.51. The average Bonchev–Trinajstić information content (AvgIpc) is 2.88. The molecule has 38 heavy (non-hydrogen) atoms. The fourth-order valence-electron chi connectivity index (χ4n) is 4.35. The lowest BCUT2D eigenvalue weighted by atomic mass is 9.97. The van der Waals surface area contributed by atoms with Crippen LogP contribution in [-0.4, -0.2) is 64.0 Å². The Morgan fingerprint density at radius 3 is 2.03 bits per heavy atom. The largest absolute Gasteiger partial charge is 0.452 e. The normalized spacial score (nSPS) is 16.7. The summed E-state index contributed by atoms with van der Waals surface area (Å²) in [4.78, 5) is 53.5. The van der Waals surface area contributed by atoms with E-state index in [0.717, 1.165) is 23.9 Å². The molecule has 3 rings (SSSR count). The molecule has 202 valence electrons. The number of nitrogens with zero attached hydrogens (tertiary/aromatic N) is 3. The number of hydrazine groups is 1. The van der Waals surface area contributed by atoms with Crippen LogP contribution in [0.3, 0.4) is 0 Å².